The summed E-state index contributed by atoms with van der Waals surface area (Å²) in [6, 6.07) is 2.47. The van der Waals surface area contributed by atoms with E-state index in [1.165, 1.54) is 12.1 Å². The largest absolute Gasteiger partial charge is 0.382 e. The van der Waals surface area contributed by atoms with Crippen molar-refractivity contribution in [1.82, 2.24) is 0 Å². The van der Waals surface area contributed by atoms with Gasteiger partial charge in [0, 0.05) is 31.8 Å². The number of fused-ring (bicyclic) bond motifs is 1. The van der Waals surface area contributed by atoms with E-state index in [0.29, 0.717) is 5.69 Å². The number of hydrogen-bond acceptors (Lipinski definition) is 2. The molecule has 1 aliphatic rings. The van der Waals surface area contributed by atoms with Gasteiger partial charge in [-0.2, -0.15) is 0 Å². The van der Waals surface area contributed by atoms with Crippen molar-refractivity contribution in [3.8, 4) is 0 Å². The molecule has 1 aromatic rings. The Hall–Kier alpha value is -1.32. The van der Waals surface area contributed by atoms with Gasteiger partial charge in [-0.05, 0) is 6.92 Å². The first-order chi connectivity index (χ1) is 6.72. The van der Waals surface area contributed by atoms with Crippen LogP contribution in [-0.4, -0.2) is 19.6 Å². The molecular formula is C10H12F2N2. The maximum absolute atomic E-state index is 13.0. The molecule has 0 fully saturated rings. The number of anilines is 2. The average molecular weight is 198 g/mol. The van der Waals surface area contributed by atoms with E-state index in [0.717, 1.165) is 25.3 Å². The third-order valence-electron chi connectivity index (χ3n) is 2.46. The highest BCUT2D eigenvalue weighted by molar-refractivity contribution is 5.72. The highest BCUT2D eigenvalue weighted by Gasteiger charge is 2.17. The Bertz CT molecular complexity index is 352. The maximum Gasteiger partial charge on any atom is 0.161 e. The molecule has 0 bridgehead atoms. The fraction of sp³-hybridized carbons (Fsp3) is 0.400. The van der Waals surface area contributed by atoms with Crippen LogP contribution in [0.25, 0.3) is 0 Å². The highest BCUT2D eigenvalue weighted by atomic mass is 19.2. The van der Waals surface area contributed by atoms with E-state index in [9.17, 15) is 8.78 Å². The standard InChI is InChI=1S/C10H12F2N2/c1-2-14-4-3-13-9-5-7(11)8(12)6-10(9)14/h5-6,13H,2-4H2,1H3. The van der Waals surface area contributed by atoms with E-state index >= 15 is 0 Å². The zero-order valence-electron chi connectivity index (χ0n) is 7.98. The van der Waals surface area contributed by atoms with Gasteiger partial charge < -0.3 is 10.2 Å². The molecule has 2 nitrogen and oxygen atoms in total. The van der Waals surface area contributed by atoms with Crippen LogP contribution < -0.4 is 10.2 Å². The summed E-state index contributed by atoms with van der Waals surface area (Å²) >= 11 is 0. The molecule has 76 valence electrons. The molecule has 1 aromatic carbocycles. The van der Waals surface area contributed by atoms with Crippen LogP contribution in [0.2, 0.25) is 0 Å². The van der Waals surface area contributed by atoms with Gasteiger partial charge >= 0.3 is 0 Å². The molecule has 0 spiro atoms. The summed E-state index contributed by atoms with van der Waals surface area (Å²) in [4.78, 5) is 2.02. The van der Waals surface area contributed by atoms with Crippen LogP contribution in [0, 0.1) is 11.6 Å². The van der Waals surface area contributed by atoms with Crippen molar-refractivity contribution in [2.75, 3.05) is 29.9 Å². The van der Waals surface area contributed by atoms with E-state index in [1.54, 1.807) is 0 Å². The topological polar surface area (TPSA) is 15.3 Å². The van der Waals surface area contributed by atoms with Crippen molar-refractivity contribution in [1.29, 1.82) is 0 Å². The Labute approximate surface area is 81.5 Å². The van der Waals surface area contributed by atoms with E-state index in [1.807, 2.05) is 11.8 Å². The maximum atomic E-state index is 13.0. The highest BCUT2D eigenvalue weighted by Crippen LogP contribution is 2.30. The molecule has 4 heteroatoms. The number of rotatable bonds is 1. The van der Waals surface area contributed by atoms with Crippen LogP contribution in [0.3, 0.4) is 0 Å². The van der Waals surface area contributed by atoms with Crippen molar-refractivity contribution in [2.45, 2.75) is 6.92 Å². The predicted octanol–water partition coefficient (Wildman–Crippen LogP) is 2.22. The lowest BCUT2D eigenvalue weighted by atomic mass is 10.2. The monoisotopic (exact) mass is 198 g/mol. The smallest absolute Gasteiger partial charge is 0.161 e. The molecule has 14 heavy (non-hydrogen) atoms. The SMILES string of the molecule is CCN1CCNc2cc(F)c(F)cc21. The van der Waals surface area contributed by atoms with Gasteiger partial charge in [-0.1, -0.05) is 0 Å². The molecular weight excluding hydrogens is 186 g/mol. The molecule has 0 saturated carbocycles. The molecule has 1 heterocycles. The summed E-state index contributed by atoms with van der Waals surface area (Å²) in [5.74, 6) is -1.58. The Balaban J connectivity index is 2.47. The van der Waals surface area contributed by atoms with Crippen LogP contribution in [0.15, 0.2) is 12.1 Å². The van der Waals surface area contributed by atoms with E-state index in [-0.39, 0.29) is 0 Å². The van der Waals surface area contributed by atoms with Crippen molar-refractivity contribution < 1.29 is 8.78 Å². The number of halogens is 2. The predicted molar refractivity (Wildman–Crippen MR) is 52.7 cm³/mol. The van der Waals surface area contributed by atoms with Crippen LogP contribution in [0.5, 0.6) is 0 Å². The van der Waals surface area contributed by atoms with Crippen molar-refractivity contribution in [3.05, 3.63) is 23.8 Å². The minimum absolute atomic E-state index is 0.678. The fourth-order valence-corrected chi connectivity index (χ4v) is 1.71. The lowest BCUT2D eigenvalue weighted by Gasteiger charge is -2.31. The molecule has 1 N–H and O–H groups in total. The number of nitrogens with zero attached hydrogens (tertiary/aromatic N) is 1. The Kier molecular flexibility index (Phi) is 2.27. The average Bonchev–Trinajstić information content (AvgIpc) is 2.19. The normalized spacial score (nSPS) is 14.9. The van der Waals surface area contributed by atoms with Gasteiger partial charge in [-0.3, -0.25) is 0 Å². The van der Waals surface area contributed by atoms with Crippen LogP contribution in [0.4, 0.5) is 20.2 Å². The van der Waals surface area contributed by atoms with E-state index in [4.69, 9.17) is 0 Å². The summed E-state index contributed by atoms with van der Waals surface area (Å²) in [5, 5.41) is 3.05. The minimum Gasteiger partial charge on any atom is -0.382 e. The summed E-state index contributed by atoms with van der Waals surface area (Å²) in [7, 11) is 0. The number of nitrogens with one attached hydrogen (secondary N) is 1. The first-order valence-corrected chi connectivity index (χ1v) is 4.70. The zero-order valence-corrected chi connectivity index (χ0v) is 7.98. The van der Waals surface area contributed by atoms with Gasteiger partial charge in [-0.15, -0.1) is 0 Å². The van der Waals surface area contributed by atoms with Crippen molar-refractivity contribution >= 4 is 11.4 Å². The third-order valence-corrected chi connectivity index (χ3v) is 2.46. The van der Waals surface area contributed by atoms with Crippen molar-refractivity contribution in [2.24, 2.45) is 0 Å². The first kappa shape index (κ1) is 9.24. The van der Waals surface area contributed by atoms with E-state index < -0.39 is 11.6 Å². The third kappa shape index (κ3) is 1.41. The van der Waals surface area contributed by atoms with Gasteiger partial charge in [0.05, 0.1) is 11.4 Å². The molecule has 0 amide bonds. The number of benzene rings is 1. The summed E-state index contributed by atoms with van der Waals surface area (Å²) in [5.41, 5.74) is 1.43. The zero-order chi connectivity index (χ0) is 10.1. The van der Waals surface area contributed by atoms with Gasteiger partial charge in [0.1, 0.15) is 0 Å². The quantitative estimate of drug-likeness (QED) is 0.744. The molecule has 2 rings (SSSR count). The Morgan fingerprint density at radius 3 is 2.79 bits per heavy atom. The second kappa shape index (κ2) is 3.44. The van der Waals surface area contributed by atoms with Crippen molar-refractivity contribution in [3.63, 3.8) is 0 Å². The lowest BCUT2D eigenvalue weighted by molar-refractivity contribution is 0.508. The van der Waals surface area contributed by atoms with Gasteiger partial charge in [0.25, 0.3) is 0 Å². The van der Waals surface area contributed by atoms with E-state index in [2.05, 4.69) is 5.32 Å². The molecule has 0 aromatic heterocycles. The Morgan fingerprint density at radius 2 is 2.07 bits per heavy atom. The number of hydrogen-bond donors (Lipinski definition) is 1. The molecule has 1 aliphatic heterocycles. The molecule has 0 aliphatic carbocycles. The molecule has 0 saturated heterocycles. The van der Waals surface area contributed by atoms with Crippen LogP contribution >= 0.6 is 0 Å². The van der Waals surface area contributed by atoms with Crippen LogP contribution in [0.1, 0.15) is 6.92 Å². The summed E-state index contributed by atoms with van der Waals surface area (Å²) in [6.07, 6.45) is 0. The van der Waals surface area contributed by atoms with Gasteiger partial charge in [-0.25, -0.2) is 8.78 Å². The fourth-order valence-electron chi connectivity index (χ4n) is 1.71. The second-order valence-corrected chi connectivity index (χ2v) is 3.29. The Morgan fingerprint density at radius 1 is 1.36 bits per heavy atom. The lowest BCUT2D eigenvalue weighted by Crippen LogP contribution is -2.33. The molecule has 0 atom stereocenters. The first-order valence-electron chi connectivity index (χ1n) is 4.70. The summed E-state index contributed by atoms with van der Waals surface area (Å²) < 4.78 is 25.9. The molecule has 0 unspecified atom stereocenters. The second-order valence-electron chi connectivity index (χ2n) is 3.29. The summed E-state index contributed by atoms with van der Waals surface area (Å²) in [6.45, 7) is 4.40. The minimum atomic E-state index is -0.797. The van der Waals surface area contributed by atoms with Gasteiger partial charge in [0.15, 0.2) is 11.6 Å². The van der Waals surface area contributed by atoms with Crippen LogP contribution in [-0.2, 0) is 0 Å². The molecule has 0 radical (unpaired) electrons. The van der Waals surface area contributed by atoms with Gasteiger partial charge in [0.2, 0.25) is 0 Å². The number of likely N-dealkylation sites (N-methyl/N-ethyl adjacent to an activating group) is 1.